The van der Waals surface area contributed by atoms with Crippen LogP contribution in [0.15, 0.2) is 6.07 Å². The van der Waals surface area contributed by atoms with E-state index in [2.05, 4.69) is 5.10 Å². The first-order valence-corrected chi connectivity index (χ1v) is 3.05. The molecular formula is C6H9N3O2. The summed E-state index contributed by atoms with van der Waals surface area (Å²) in [5.41, 5.74) is 5.42. The van der Waals surface area contributed by atoms with Gasteiger partial charge in [0, 0.05) is 13.0 Å². The van der Waals surface area contributed by atoms with Crippen LogP contribution in [0.25, 0.3) is 0 Å². The number of hydrogen-bond acceptors (Lipinski definition) is 4. The van der Waals surface area contributed by atoms with Gasteiger partial charge < -0.3 is 10.5 Å². The van der Waals surface area contributed by atoms with Gasteiger partial charge in [-0.2, -0.15) is 4.68 Å². The third kappa shape index (κ3) is 1.31. The number of carbonyl (C=O) groups excluding carboxylic acids is 1. The highest BCUT2D eigenvalue weighted by atomic mass is 16.5. The molecule has 0 fully saturated rings. The number of rotatable bonds is 1. The molecule has 1 rings (SSSR count). The van der Waals surface area contributed by atoms with Crippen LogP contribution in [0.2, 0.25) is 0 Å². The molecule has 0 aliphatic carbocycles. The number of ether oxygens (including phenoxy) is 1. The summed E-state index contributed by atoms with van der Waals surface area (Å²) in [5.74, 6) is 0.401. The van der Waals surface area contributed by atoms with Gasteiger partial charge in [0.2, 0.25) is 11.8 Å². The first-order chi connectivity index (χ1) is 5.15. The zero-order chi connectivity index (χ0) is 8.43. The number of nitrogens with zero attached hydrogens (tertiary/aromatic N) is 2. The van der Waals surface area contributed by atoms with Crippen molar-refractivity contribution in [2.24, 2.45) is 0 Å². The summed E-state index contributed by atoms with van der Waals surface area (Å²) in [6.07, 6.45) is 0. The van der Waals surface area contributed by atoms with E-state index in [1.165, 1.54) is 20.1 Å². The van der Waals surface area contributed by atoms with Crippen molar-refractivity contribution in [1.29, 1.82) is 0 Å². The third-order valence-electron chi connectivity index (χ3n) is 1.22. The Kier molecular flexibility index (Phi) is 1.80. The van der Waals surface area contributed by atoms with Crippen molar-refractivity contribution in [3.63, 3.8) is 0 Å². The Morgan fingerprint density at radius 3 is 2.73 bits per heavy atom. The van der Waals surface area contributed by atoms with Gasteiger partial charge in [0.25, 0.3) is 0 Å². The molecule has 5 heteroatoms. The summed E-state index contributed by atoms with van der Waals surface area (Å²) < 4.78 is 5.84. The Bertz CT molecular complexity index is 279. The predicted molar refractivity (Wildman–Crippen MR) is 39.5 cm³/mol. The maximum absolute atomic E-state index is 10.8. The summed E-state index contributed by atoms with van der Waals surface area (Å²) in [6.45, 7) is 1.38. The van der Waals surface area contributed by atoms with Crippen LogP contribution in [0.1, 0.15) is 11.7 Å². The summed E-state index contributed by atoms with van der Waals surface area (Å²) in [4.78, 5) is 10.8. The van der Waals surface area contributed by atoms with E-state index < -0.39 is 0 Å². The topological polar surface area (TPSA) is 70.1 Å². The molecule has 0 aliphatic heterocycles. The summed E-state index contributed by atoms with van der Waals surface area (Å²) in [6, 6.07) is 1.49. The van der Waals surface area contributed by atoms with Crippen LogP contribution in [-0.4, -0.2) is 22.8 Å². The number of nitrogens with two attached hydrogens (primary N) is 1. The largest absolute Gasteiger partial charge is 0.480 e. The van der Waals surface area contributed by atoms with Gasteiger partial charge in [0.05, 0.1) is 7.11 Å². The molecule has 0 amide bonds. The molecule has 1 heterocycles. The molecule has 0 bridgehead atoms. The fraction of sp³-hybridized carbons (Fsp3) is 0.333. The number of anilines is 1. The molecule has 0 spiro atoms. The van der Waals surface area contributed by atoms with E-state index in [4.69, 9.17) is 10.5 Å². The first kappa shape index (κ1) is 7.59. The monoisotopic (exact) mass is 155 g/mol. The number of carbonyl (C=O) groups is 1. The normalized spacial score (nSPS) is 9.64. The van der Waals surface area contributed by atoms with Crippen molar-refractivity contribution in [3.8, 4) is 5.88 Å². The number of aromatic nitrogens is 2. The zero-order valence-electron chi connectivity index (χ0n) is 6.37. The maximum atomic E-state index is 10.8. The molecule has 0 aromatic carbocycles. The summed E-state index contributed by atoms with van der Waals surface area (Å²) in [7, 11) is 1.46. The quantitative estimate of drug-likeness (QED) is 0.626. The van der Waals surface area contributed by atoms with Crippen LogP contribution < -0.4 is 10.5 Å². The van der Waals surface area contributed by atoms with Gasteiger partial charge in [0.1, 0.15) is 5.82 Å². The molecule has 0 atom stereocenters. The van der Waals surface area contributed by atoms with E-state index in [0.29, 0.717) is 5.88 Å². The van der Waals surface area contributed by atoms with Crippen molar-refractivity contribution in [2.75, 3.05) is 12.8 Å². The van der Waals surface area contributed by atoms with Crippen LogP contribution in [-0.2, 0) is 0 Å². The van der Waals surface area contributed by atoms with Crippen molar-refractivity contribution in [3.05, 3.63) is 6.07 Å². The van der Waals surface area contributed by atoms with E-state index in [0.717, 1.165) is 4.68 Å². The Hall–Kier alpha value is -1.52. The molecule has 1 aromatic heterocycles. The minimum Gasteiger partial charge on any atom is -0.480 e. The van der Waals surface area contributed by atoms with Crippen LogP contribution >= 0.6 is 0 Å². The maximum Gasteiger partial charge on any atom is 0.245 e. The predicted octanol–water partition coefficient (Wildman–Crippen LogP) is 0.134. The number of methoxy groups -OCH3 is 1. The highest BCUT2D eigenvalue weighted by molar-refractivity contribution is 5.78. The number of nitrogen functional groups attached to an aromatic ring is 1. The van der Waals surface area contributed by atoms with Crippen molar-refractivity contribution in [2.45, 2.75) is 6.92 Å². The molecule has 0 saturated carbocycles. The molecule has 1 aromatic rings. The lowest BCUT2D eigenvalue weighted by atomic mass is 10.6. The molecular weight excluding hydrogens is 146 g/mol. The van der Waals surface area contributed by atoms with Gasteiger partial charge in [-0.15, -0.1) is 5.10 Å². The minimum atomic E-state index is -0.231. The Morgan fingerprint density at radius 2 is 2.45 bits per heavy atom. The average Bonchev–Trinajstić information content (AvgIpc) is 2.30. The molecule has 11 heavy (non-hydrogen) atoms. The zero-order valence-corrected chi connectivity index (χ0v) is 6.37. The van der Waals surface area contributed by atoms with Crippen LogP contribution in [0.4, 0.5) is 5.82 Å². The third-order valence-corrected chi connectivity index (χ3v) is 1.22. The molecule has 2 N–H and O–H groups in total. The lowest BCUT2D eigenvalue weighted by Gasteiger charge is -1.93. The summed E-state index contributed by atoms with van der Waals surface area (Å²) >= 11 is 0. The van der Waals surface area contributed by atoms with Crippen LogP contribution in [0.3, 0.4) is 0 Å². The Balaban J connectivity index is 3.07. The van der Waals surface area contributed by atoms with Crippen molar-refractivity contribution >= 4 is 11.7 Å². The van der Waals surface area contributed by atoms with Gasteiger partial charge in [-0.3, -0.25) is 4.79 Å². The number of hydrogen-bond donors (Lipinski definition) is 1. The molecule has 5 nitrogen and oxygen atoms in total. The van der Waals surface area contributed by atoms with E-state index in [-0.39, 0.29) is 11.7 Å². The van der Waals surface area contributed by atoms with Crippen molar-refractivity contribution in [1.82, 2.24) is 9.78 Å². The SMILES string of the molecule is COc1cc(N)n(C(C)=O)n1. The summed E-state index contributed by atoms with van der Waals surface area (Å²) in [5, 5.41) is 3.75. The average molecular weight is 155 g/mol. The molecule has 60 valence electrons. The second-order valence-corrected chi connectivity index (χ2v) is 2.04. The van der Waals surface area contributed by atoms with Gasteiger partial charge in [0.15, 0.2) is 0 Å². The fourth-order valence-electron chi connectivity index (χ4n) is 0.725. The van der Waals surface area contributed by atoms with Gasteiger partial charge in [-0.25, -0.2) is 0 Å². The Labute approximate surface area is 63.7 Å². The Morgan fingerprint density at radius 1 is 1.82 bits per heavy atom. The van der Waals surface area contributed by atoms with Crippen LogP contribution in [0, 0.1) is 0 Å². The lowest BCUT2D eigenvalue weighted by Crippen LogP contribution is -2.10. The lowest BCUT2D eigenvalue weighted by molar-refractivity contribution is 0.0922. The van der Waals surface area contributed by atoms with Gasteiger partial charge >= 0.3 is 0 Å². The van der Waals surface area contributed by atoms with E-state index in [9.17, 15) is 4.79 Å². The van der Waals surface area contributed by atoms with Gasteiger partial charge in [-0.1, -0.05) is 0 Å². The fourth-order valence-corrected chi connectivity index (χ4v) is 0.725. The minimum absolute atomic E-state index is 0.231. The van der Waals surface area contributed by atoms with Crippen molar-refractivity contribution < 1.29 is 9.53 Å². The first-order valence-electron chi connectivity index (χ1n) is 3.05. The smallest absolute Gasteiger partial charge is 0.245 e. The van der Waals surface area contributed by atoms with Crippen LogP contribution in [0.5, 0.6) is 5.88 Å². The molecule has 0 aliphatic rings. The molecule has 0 saturated heterocycles. The van der Waals surface area contributed by atoms with Gasteiger partial charge in [-0.05, 0) is 0 Å². The van der Waals surface area contributed by atoms with E-state index in [1.807, 2.05) is 0 Å². The second-order valence-electron chi connectivity index (χ2n) is 2.04. The molecule has 0 unspecified atom stereocenters. The van der Waals surface area contributed by atoms with E-state index in [1.54, 1.807) is 0 Å². The highest BCUT2D eigenvalue weighted by Gasteiger charge is 2.06. The molecule has 0 radical (unpaired) electrons. The second kappa shape index (κ2) is 2.61. The van der Waals surface area contributed by atoms with E-state index >= 15 is 0 Å². The standard InChI is InChI=1S/C6H9N3O2/c1-4(10)9-5(7)3-6(8-9)11-2/h3H,7H2,1-2H3. The highest BCUT2D eigenvalue weighted by Crippen LogP contribution is 2.11.